The molecule has 0 atom stereocenters. The average Bonchev–Trinajstić information content (AvgIpc) is 3.59. The molecule has 3 aromatic carbocycles. The van der Waals surface area contributed by atoms with E-state index in [9.17, 15) is 4.79 Å². The zero-order valence-electron chi connectivity index (χ0n) is 19.2. The molecule has 6 nitrogen and oxygen atoms in total. The smallest absolute Gasteiger partial charge is 0.253 e. The molecule has 2 aromatic heterocycles. The van der Waals surface area contributed by atoms with Crippen LogP contribution < -0.4 is 4.74 Å². The summed E-state index contributed by atoms with van der Waals surface area (Å²) in [6.45, 7) is 0.836. The Kier molecular flexibility index (Phi) is 6.68. The molecule has 0 aliphatic heterocycles. The fourth-order valence-corrected chi connectivity index (χ4v) is 4.33. The van der Waals surface area contributed by atoms with Crippen molar-refractivity contribution < 1.29 is 9.53 Å². The number of thiazole rings is 1. The molecule has 0 saturated heterocycles. The maximum atomic E-state index is 13.2. The normalized spacial score (nSPS) is 10.8. The molecule has 0 aliphatic carbocycles. The Morgan fingerprint density at radius 2 is 1.69 bits per heavy atom. The summed E-state index contributed by atoms with van der Waals surface area (Å²) < 4.78 is 7.62. The maximum absolute atomic E-state index is 13.2. The standard InChI is InChI=1S/C28H24N4O2S/c1-31(28(33)22-12-14-26(15-13-22)34-18-24-19-35-20-29-24)16-23-17-32(25-10-6-3-7-11-25)30-27(23)21-8-4-2-5-9-21/h2-15,17,19-20H,16,18H2,1H3. The van der Waals surface area contributed by atoms with Crippen molar-refractivity contribution in [2.75, 3.05) is 7.05 Å². The summed E-state index contributed by atoms with van der Waals surface area (Å²) in [6, 6.07) is 27.2. The molecular formula is C28H24N4O2S. The number of aromatic nitrogens is 3. The molecular weight excluding hydrogens is 456 g/mol. The van der Waals surface area contributed by atoms with Gasteiger partial charge in [0.1, 0.15) is 12.4 Å². The van der Waals surface area contributed by atoms with Gasteiger partial charge in [-0.2, -0.15) is 5.10 Å². The summed E-state index contributed by atoms with van der Waals surface area (Å²) in [4.78, 5) is 19.1. The first-order valence-corrected chi connectivity index (χ1v) is 12.2. The minimum absolute atomic E-state index is 0.0671. The Balaban J connectivity index is 1.33. The Morgan fingerprint density at radius 3 is 2.37 bits per heavy atom. The third-order valence-electron chi connectivity index (χ3n) is 5.58. The van der Waals surface area contributed by atoms with Crippen LogP contribution in [0, 0.1) is 0 Å². The van der Waals surface area contributed by atoms with Gasteiger partial charge in [-0.25, -0.2) is 9.67 Å². The molecule has 35 heavy (non-hydrogen) atoms. The highest BCUT2D eigenvalue weighted by Gasteiger charge is 2.18. The van der Waals surface area contributed by atoms with E-state index in [4.69, 9.17) is 9.84 Å². The second-order valence-electron chi connectivity index (χ2n) is 8.10. The number of rotatable bonds is 8. The zero-order chi connectivity index (χ0) is 24.0. The third kappa shape index (κ3) is 5.31. The van der Waals surface area contributed by atoms with E-state index < -0.39 is 0 Å². The van der Waals surface area contributed by atoms with Crippen LogP contribution >= 0.6 is 11.3 Å². The molecule has 0 aliphatic rings. The molecule has 0 spiro atoms. The molecule has 0 unspecified atom stereocenters. The van der Waals surface area contributed by atoms with Crippen LogP contribution in [0.3, 0.4) is 0 Å². The second-order valence-corrected chi connectivity index (χ2v) is 8.82. The first-order valence-electron chi connectivity index (χ1n) is 11.2. The molecule has 7 heteroatoms. The van der Waals surface area contributed by atoms with Crippen molar-refractivity contribution >= 4 is 17.2 Å². The van der Waals surface area contributed by atoms with E-state index in [0.717, 1.165) is 28.2 Å². The summed E-state index contributed by atoms with van der Waals surface area (Å²) in [5.41, 5.74) is 7.09. The number of hydrogen-bond acceptors (Lipinski definition) is 5. The van der Waals surface area contributed by atoms with Crippen molar-refractivity contribution in [1.82, 2.24) is 19.7 Å². The highest BCUT2D eigenvalue weighted by atomic mass is 32.1. The van der Waals surface area contributed by atoms with Crippen LogP contribution in [0.2, 0.25) is 0 Å². The molecule has 5 aromatic rings. The van der Waals surface area contributed by atoms with Crippen LogP contribution in [0.4, 0.5) is 0 Å². The first-order chi connectivity index (χ1) is 17.2. The van der Waals surface area contributed by atoms with Crippen molar-refractivity contribution in [3.05, 3.63) is 119 Å². The van der Waals surface area contributed by atoms with Gasteiger partial charge in [-0.3, -0.25) is 4.79 Å². The molecule has 0 N–H and O–H groups in total. The predicted molar refractivity (Wildman–Crippen MR) is 138 cm³/mol. The number of carbonyl (C=O) groups excluding carboxylic acids is 1. The minimum Gasteiger partial charge on any atom is -0.487 e. The molecule has 0 fully saturated rings. The van der Waals surface area contributed by atoms with E-state index in [1.807, 2.05) is 96.1 Å². The lowest BCUT2D eigenvalue weighted by Gasteiger charge is -2.17. The van der Waals surface area contributed by atoms with Crippen LogP contribution in [-0.2, 0) is 13.2 Å². The summed E-state index contributed by atoms with van der Waals surface area (Å²) >= 11 is 1.54. The molecule has 0 radical (unpaired) electrons. The van der Waals surface area contributed by atoms with Gasteiger partial charge >= 0.3 is 0 Å². The predicted octanol–water partition coefficient (Wildman–Crippen LogP) is 5.85. The number of nitrogens with zero attached hydrogens (tertiary/aromatic N) is 4. The van der Waals surface area contributed by atoms with E-state index in [1.165, 1.54) is 11.3 Å². The zero-order valence-corrected chi connectivity index (χ0v) is 20.1. The average molecular weight is 481 g/mol. The fourth-order valence-electron chi connectivity index (χ4n) is 3.78. The molecule has 0 bridgehead atoms. The lowest BCUT2D eigenvalue weighted by Crippen LogP contribution is -2.26. The van der Waals surface area contributed by atoms with E-state index in [1.54, 1.807) is 22.5 Å². The van der Waals surface area contributed by atoms with Gasteiger partial charge < -0.3 is 9.64 Å². The van der Waals surface area contributed by atoms with Gasteiger partial charge in [0.05, 0.1) is 22.6 Å². The topological polar surface area (TPSA) is 60.2 Å². The molecule has 0 saturated carbocycles. The quantitative estimate of drug-likeness (QED) is 0.280. The van der Waals surface area contributed by atoms with E-state index >= 15 is 0 Å². The maximum Gasteiger partial charge on any atom is 0.253 e. The highest BCUT2D eigenvalue weighted by molar-refractivity contribution is 7.07. The van der Waals surface area contributed by atoms with E-state index in [-0.39, 0.29) is 5.91 Å². The van der Waals surface area contributed by atoms with Crippen molar-refractivity contribution in [2.45, 2.75) is 13.2 Å². The minimum atomic E-state index is -0.0671. The number of benzene rings is 3. The molecule has 174 valence electrons. The van der Waals surface area contributed by atoms with Crippen LogP contribution in [0.5, 0.6) is 5.75 Å². The van der Waals surface area contributed by atoms with Crippen LogP contribution in [0.1, 0.15) is 21.6 Å². The first kappa shape index (κ1) is 22.6. The molecule has 2 heterocycles. The van der Waals surface area contributed by atoms with Gasteiger partial charge in [-0.15, -0.1) is 11.3 Å². The van der Waals surface area contributed by atoms with Crippen LogP contribution in [0.15, 0.2) is 102 Å². The van der Waals surface area contributed by atoms with E-state index in [2.05, 4.69) is 4.98 Å². The summed E-state index contributed by atoms with van der Waals surface area (Å²) in [5, 5.41) is 6.80. The summed E-state index contributed by atoms with van der Waals surface area (Å²) in [5.74, 6) is 0.634. The Hall–Kier alpha value is -4.23. The van der Waals surface area contributed by atoms with Crippen molar-refractivity contribution in [3.8, 4) is 22.7 Å². The van der Waals surface area contributed by atoms with Crippen molar-refractivity contribution in [1.29, 1.82) is 0 Å². The molecule has 5 rings (SSSR count). The lowest BCUT2D eigenvalue weighted by atomic mass is 10.1. The van der Waals surface area contributed by atoms with Gasteiger partial charge in [-0.05, 0) is 36.4 Å². The number of carbonyl (C=O) groups is 1. The van der Waals surface area contributed by atoms with Crippen LogP contribution in [0.25, 0.3) is 16.9 Å². The SMILES string of the molecule is CN(Cc1cn(-c2ccccc2)nc1-c1ccccc1)C(=O)c1ccc(OCc2cscn2)cc1. The Morgan fingerprint density at radius 1 is 0.971 bits per heavy atom. The molecule has 1 amide bonds. The second kappa shape index (κ2) is 10.4. The van der Waals surface area contributed by atoms with Crippen molar-refractivity contribution in [3.63, 3.8) is 0 Å². The van der Waals surface area contributed by atoms with Gasteiger partial charge in [0, 0.05) is 41.9 Å². The van der Waals surface area contributed by atoms with Gasteiger partial charge in [-0.1, -0.05) is 48.5 Å². The lowest BCUT2D eigenvalue weighted by molar-refractivity contribution is 0.0785. The largest absolute Gasteiger partial charge is 0.487 e. The van der Waals surface area contributed by atoms with Crippen molar-refractivity contribution in [2.24, 2.45) is 0 Å². The summed E-state index contributed by atoms with van der Waals surface area (Å²) in [6.07, 6.45) is 2.00. The number of hydrogen-bond donors (Lipinski definition) is 0. The Labute approximate surface area is 208 Å². The number of para-hydroxylation sites is 1. The van der Waals surface area contributed by atoms with Gasteiger partial charge in [0.15, 0.2) is 0 Å². The number of ether oxygens (including phenoxy) is 1. The Bertz CT molecular complexity index is 1380. The van der Waals surface area contributed by atoms with Gasteiger partial charge in [0.2, 0.25) is 0 Å². The van der Waals surface area contributed by atoms with E-state index in [0.29, 0.717) is 24.5 Å². The monoisotopic (exact) mass is 480 g/mol. The highest BCUT2D eigenvalue weighted by Crippen LogP contribution is 2.25. The third-order valence-corrected chi connectivity index (χ3v) is 6.22. The summed E-state index contributed by atoms with van der Waals surface area (Å²) in [7, 11) is 1.81. The number of amides is 1. The van der Waals surface area contributed by atoms with Gasteiger partial charge in [0.25, 0.3) is 5.91 Å². The fraction of sp³-hybridized carbons (Fsp3) is 0.107. The van der Waals surface area contributed by atoms with Crippen LogP contribution in [-0.4, -0.2) is 32.6 Å².